The third-order valence-corrected chi connectivity index (χ3v) is 7.17. The number of halogens is 1. The molecule has 2 atom stereocenters. The van der Waals surface area contributed by atoms with E-state index in [2.05, 4.69) is 4.72 Å². The van der Waals surface area contributed by atoms with Gasteiger partial charge in [0, 0.05) is 12.2 Å². The number of ether oxygens (including phenoxy) is 2. The number of nitrogens with zero attached hydrogens (tertiary/aromatic N) is 1. The van der Waals surface area contributed by atoms with Crippen LogP contribution >= 0.6 is 0 Å². The van der Waals surface area contributed by atoms with Crippen LogP contribution in [0.25, 0.3) is 0 Å². The number of nitrogens with one attached hydrogen (secondary N) is 1. The second-order valence-electron chi connectivity index (χ2n) is 8.03. The van der Waals surface area contributed by atoms with Gasteiger partial charge in [-0.1, -0.05) is 24.3 Å². The number of amides is 1. The average Bonchev–Trinajstić information content (AvgIpc) is 2.86. The van der Waals surface area contributed by atoms with Gasteiger partial charge >= 0.3 is 0 Å². The summed E-state index contributed by atoms with van der Waals surface area (Å²) in [5.74, 6) is -0.0627. The van der Waals surface area contributed by atoms with Crippen LogP contribution in [0.15, 0.2) is 77.7 Å². The lowest BCUT2D eigenvalue weighted by Gasteiger charge is -2.40. The molecule has 35 heavy (non-hydrogen) atoms. The van der Waals surface area contributed by atoms with Gasteiger partial charge in [0.05, 0.1) is 24.7 Å². The van der Waals surface area contributed by atoms with Crippen molar-refractivity contribution < 1.29 is 32.2 Å². The van der Waals surface area contributed by atoms with E-state index in [0.717, 1.165) is 17.7 Å². The topological polar surface area (TPSA) is 105 Å². The average molecular weight is 501 g/mol. The molecule has 0 radical (unpaired) electrons. The van der Waals surface area contributed by atoms with Crippen LogP contribution in [-0.2, 0) is 26.1 Å². The van der Waals surface area contributed by atoms with E-state index < -0.39 is 28.0 Å². The van der Waals surface area contributed by atoms with E-state index in [9.17, 15) is 22.7 Å². The number of carbonyl (C=O) groups excluding carboxylic acids is 1. The fourth-order valence-corrected chi connectivity index (χ4v) is 4.98. The Hall–Kier alpha value is -3.47. The van der Waals surface area contributed by atoms with Crippen molar-refractivity contribution >= 4 is 21.6 Å². The first-order valence-corrected chi connectivity index (χ1v) is 12.3. The highest BCUT2D eigenvalue weighted by molar-refractivity contribution is 7.92. The molecule has 1 aliphatic heterocycles. The Bertz CT molecular complexity index is 1260. The van der Waals surface area contributed by atoms with Gasteiger partial charge < -0.3 is 19.5 Å². The maximum Gasteiger partial charge on any atom is 0.261 e. The number of hydrogen-bond acceptors (Lipinski definition) is 6. The van der Waals surface area contributed by atoms with E-state index in [1.54, 1.807) is 48.4 Å². The molecule has 4 rings (SSSR count). The van der Waals surface area contributed by atoms with E-state index in [1.807, 2.05) is 12.1 Å². The van der Waals surface area contributed by atoms with Crippen LogP contribution in [0.3, 0.4) is 0 Å². The number of aliphatic hydroxyl groups excluding tert-OH is 1. The lowest BCUT2D eigenvalue weighted by atomic mass is 9.98. The minimum Gasteiger partial charge on any atom is -0.497 e. The van der Waals surface area contributed by atoms with Crippen LogP contribution in [-0.4, -0.2) is 50.7 Å². The molecule has 3 aromatic carbocycles. The summed E-state index contributed by atoms with van der Waals surface area (Å²) in [5.41, 5.74) is 1.87. The molecule has 1 heterocycles. The van der Waals surface area contributed by atoms with E-state index in [-0.39, 0.29) is 24.0 Å². The molecule has 1 fully saturated rings. The smallest absolute Gasteiger partial charge is 0.261 e. The molecule has 0 saturated carbocycles. The number of aliphatic hydroxyl groups is 1. The fourth-order valence-electron chi connectivity index (χ4n) is 3.92. The van der Waals surface area contributed by atoms with Crippen molar-refractivity contribution in [3.8, 4) is 5.75 Å². The van der Waals surface area contributed by atoms with Gasteiger partial charge in [0.2, 0.25) is 5.91 Å². The molecule has 0 aromatic heterocycles. The van der Waals surface area contributed by atoms with Gasteiger partial charge in [0.25, 0.3) is 10.0 Å². The molecule has 0 spiro atoms. The third kappa shape index (κ3) is 5.61. The van der Waals surface area contributed by atoms with Crippen LogP contribution in [0.1, 0.15) is 17.2 Å². The predicted octanol–water partition coefficient (Wildman–Crippen LogP) is 3.10. The summed E-state index contributed by atoms with van der Waals surface area (Å²) in [6.07, 6.45) is -0.598. The van der Waals surface area contributed by atoms with Crippen molar-refractivity contribution in [1.29, 1.82) is 0 Å². The molecule has 184 valence electrons. The zero-order valence-corrected chi connectivity index (χ0v) is 19.7. The van der Waals surface area contributed by atoms with Crippen molar-refractivity contribution in [2.45, 2.75) is 23.6 Å². The van der Waals surface area contributed by atoms with Gasteiger partial charge in [-0.15, -0.1) is 0 Å². The predicted molar refractivity (Wildman–Crippen MR) is 127 cm³/mol. The maximum atomic E-state index is 13.1. The van der Waals surface area contributed by atoms with Crippen LogP contribution in [0.4, 0.5) is 10.1 Å². The molecule has 3 aromatic rings. The first-order valence-electron chi connectivity index (χ1n) is 10.8. The molecule has 8 nitrogen and oxygen atoms in total. The molecule has 0 aliphatic carbocycles. The second kappa shape index (κ2) is 10.4. The third-order valence-electron chi connectivity index (χ3n) is 5.77. The van der Waals surface area contributed by atoms with Crippen LogP contribution in [0.5, 0.6) is 5.75 Å². The van der Waals surface area contributed by atoms with Crippen LogP contribution in [0, 0.1) is 5.82 Å². The first-order chi connectivity index (χ1) is 16.8. The SMILES string of the molecule is COc1ccc(CN2C(=O)COC(c3ccc(NS(=O)(=O)c4ccc(F)cc4)cc3)C2CO)cc1. The van der Waals surface area contributed by atoms with Gasteiger partial charge in [-0.05, 0) is 59.7 Å². The molecule has 10 heteroatoms. The maximum absolute atomic E-state index is 13.1. The first kappa shape index (κ1) is 24.6. The number of hydrogen-bond donors (Lipinski definition) is 2. The summed E-state index contributed by atoms with van der Waals surface area (Å²) in [4.78, 5) is 14.1. The number of morpholine rings is 1. The van der Waals surface area contributed by atoms with E-state index in [0.29, 0.717) is 23.5 Å². The minimum atomic E-state index is -3.89. The number of benzene rings is 3. The van der Waals surface area contributed by atoms with Crippen molar-refractivity contribution in [2.24, 2.45) is 0 Å². The highest BCUT2D eigenvalue weighted by atomic mass is 32.2. The van der Waals surface area contributed by atoms with E-state index in [4.69, 9.17) is 9.47 Å². The Morgan fingerprint density at radius 1 is 1.06 bits per heavy atom. The second-order valence-corrected chi connectivity index (χ2v) is 9.72. The van der Waals surface area contributed by atoms with Crippen LogP contribution in [0.2, 0.25) is 0 Å². The Morgan fingerprint density at radius 3 is 2.31 bits per heavy atom. The Morgan fingerprint density at radius 2 is 1.71 bits per heavy atom. The molecular formula is C25H25FN2O6S. The van der Waals surface area contributed by atoms with Gasteiger partial charge in [-0.3, -0.25) is 9.52 Å². The molecule has 2 N–H and O–H groups in total. The Kier molecular flexibility index (Phi) is 7.34. The summed E-state index contributed by atoms with van der Waals surface area (Å²) in [7, 11) is -2.31. The monoisotopic (exact) mass is 500 g/mol. The standard InChI is InChI=1S/C25H25FN2O6S/c1-33-21-10-2-17(3-11-21)14-28-23(15-29)25(34-16-24(28)30)18-4-8-20(9-5-18)27-35(31,32)22-12-6-19(26)7-13-22/h2-13,23,25,27,29H,14-16H2,1H3. The van der Waals surface area contributed by atoms with E-state index >= 15 is 0 Å². The number of sulfonamides is 1. The van der Waals surface area contributed by atoms with E-state index in [1.165, 1.54) is 12.1 Å². The normalized spacial score (nSPS) is 18.4. The Balaban J connectivity index is 1.50. The zero-order chi connectivity index (χ0) is 25.0. The number of anilines is 1. The zero-order valence-electron chi connectivity index (χ0n) is 18.9. The number of carbonyl (C=O) groups is 1. The number of rotatable bonds is 8. The number of methoxy groups -OCH3 is 1. The Labute approximate surface area is 203 Å². The summed E-state index contributed by atoms with van der Waals surface area (Å²) < 4.78 is 51.6. The highest BCUT2D eigenvalue weighted by Gasteiger charge is 2.37. The quantitative estimate of drug-likeness (QED) is 0.493. The van der Waals surface area contributed by atoms with Crippen molar-refractivity contribution in [2.75, 3.05) is 25.0 Å². The van der Waals surface area contributed by atoms with Gasteiger partial charge in [0.15, 0.2) is 0 Å². The minimum absolute atomic E-state index is 0.0633. The summed E-state index contributed by atoms with van der Waals surface area (Å²) in [5, 5.41) is 10.1. The lowest BCUT2D eigenvalue weighted by molar-refractivity contribution is -0.162. The molecule has 0 bridgehead atoms. The van der Waals surface area contributed by atoms with Crippen LogP contribution < -0.4 is 9.46 Å². The summed E-state index contributed by atoms with van der Waals surface area (Å²) in [6.45, 7) is -0.161. The summed E-state index contributed by atoms with van der Waals surface area (Å²) in [6, 6.07) is 17.7. The molecular weight excluding hydrogens is 475 g/mol. The van der Waals surface area contributed by atoms with Crippen molar-refractivity contribution in [3.63, 3.8) is 0 Å². The molecule has 1 saturated heterocycles. The summed E-state index contributed by atoms with van der Waals surface area (Å²) >= 11 is 0. The van der Waals surface area contributed by atoms with Crippen molar-refractivity contribution in [3.05, 3.63) is 89.7 Å². The molecule has 1 aliphatic rings. The van der Waals surface area contributed by atoms with Gasteiger partial charge in [-0.2, -0.15) is 0 Å². The highest BCUT2D eigenvalue weighted by Crippen LogP contribution is 2.31. The molecule has 2 unspecified atom stereocenters. The largest absolute Gasteiger partial charge is 0.497 e. The van der Waals surface area contributed by atoms with Gasteiger partial charge in [-0.25, -0.2) is 12.8 Å². The fraction of sp³-hybridized carbons (Fsp3) is 0.240. The molecule has 1 amide bonds. The van der Waals surface area contributed by atoms with Gasteiger partial charge in [0.1, 0.15) is 24.3 Å². The lowest BCUT2D eigenvalue weighted by Crippen LogP contribution is -2.52. The van der Waals surface area contributed by atoms with Crippen molar-refractivity contribution in [1.82, 2.24) is 4.90 Å².